The highest BCUT2D eigenvalue weighted by molar-refractivity contribution is 7.89. The first-order valence-corrected chi connectivity index (χ1v) is 9.19. The van der Waals surface area contributed by atoms with Crippen LogP contribution in [0.15, 0.2) is 58.5 Å². The number of halogens is 1. The van der Waals surface area contributed by atoms with Gasteiger partial charge in [-0.1, -0.05) is 49.2 Å². The molecule has 0 radical (unpaired) electrons. The summed E-state index contributed by atoms with van der Waals surface area (Å²) in [5, 5.41) is 4.47. The first-order chi connectivity index (χ1) is 10.9. The summed E-state index contributed by atoms with van der Waals surface area (Å²) in [6.07, 6.45) is 2.12. The Morgan fingerprint density at radius 2 is 1.70 bits per heavy atom. The normalized spacial score (nSPS) is 12.2. The minimum atomic E-state index is -3.69. The Hall–Kier alpha value is -1.85. The van der Waals surface area contributed by atoms with Gasteiger partial charge in [-0.2, -0.15) is 18.4 Å². The van der Waals surface area contributed by atoms with E-state index in [9.17, 15) is 8.42 Å². The second kappa shape index (κ2) is 7.62. The first-order valence-electron chi connectivity index (χ1n) is 7.33. The second-order valence-corrected chi connectivity index (χ2v) is 7.29. The summed E-state index contributed by atoms with van der Waals surface area (Å²) >= 11 is 5.76. The molecule has 0 saturated heterocycles. The van der Waals surface area contributed by atoms with Crippen LogP contribution in [0.25, 0.3) is 0 Å². The van der Waals surface area contributed by atoms with E-state index in [-0.39, 0.29) is 4.90 Å². The molecule has 0 unspecified atom stereocenters. The maximum absolute atomic E-state index is 12.2. The molecule has 2 aromatic rings. The van der Waals surface area contributed by atoms with Crippen molar-refractivity contribution in [2.24, 2.45) is 5.10 Å². The fourth-order valence-electron chi connectivity index (χ4n) is 2.06. The molecule has 0 amide bonds. The van der Waals surface area contributed by atoms with Crippen LogP contribution in [0.5, 0.6) is 0 Å². The molecule has 122 valence electrons. The predicted molar refractivity (Wildman–Crippen MR) is 94.4 cm³/mol. The van der Waals surface area contributed by atoms with Crippen LogP contribution in [0.2, 0.25) is 5.02 Å². The second-order valence-electron chi connectivity index (χ2n) is 5.19. The molecule has 0 aliphatic carbocycles. The lowest BCUT2D eigenvalue weighted by Crippen LogP contribution is -2.19. The third-order valence-corrected chi connectivity index (χ3v) is 4.84. The average Bonchev–Trinajstić information content (AvgIpc) is 2.54. The van der Waals surface area contributed by atoms with E-state index in [1.54, 1.807) is 6.92 Å². The highest BCUT2D eigenvalue weighted by Crippen LogP contribution is 2.14. The Bertz CT molecular complexity index is 782. The largest absolute Gasteiger partial charge is 0.276 e. The zero-order valence-electron chi connectivity index (χ0n) is 13.1. The van der Waals surface area contributed by atoms with Gasteiger partial charge >= 0.3 is 0 Å². The van der Waals surface area contributed by atoms with Crippen molar-refractivity contribution >= 4 is 27.3 Å². The smallest absolute Gasteiger partial charge is 0.200 e. The number of nitrogens with one attached hydrogen (secondary N) is 1. The van der Waals surface area contributed by atoms with E-state index in [0.717, 1.165) is 18.4 Å². The van der Waals surface area contributed by atoms with Crippen LogP contribution in [-0.2, 0) is 16.4 Å². The molecule has 1 N–H and O–H groups in total. The molecule has 0 aliphatic heterocycles. The summed E-state index contributed by atoms with van der Waals surface area (Å²) in [6, 6.07) is 13.9. The van der Waals surface area contributed by atoms with Crippen LogP contribution in [0.4, 0.5) is 0 Å². The van der Waals surface area contributed by atoms with Gasteiger partial charge in [-0.3, -0.25) is 0 Å². The van der Waals surface area contributed by atoms with Crippen molar-refractivity contribution in [3.05, 3.63) is 64.7 Å². The lowest BCUT2D eigenvalue weighted by atomic mass is 10.1. The maximum atomic E-state index is 12.2. The van der Waals surface area contributed by atoms with Gasteiger partial charge in [-0.25, -0.2) is 0 Å². The van der Waals surface area contributed by atoms with Gasteiger partial charge in [-0.15, -0.1) is 0 Å². The Balaban J connectivity index is 2.13. The van der Waals surface area contributed by atoms with Gasteiger partial charge in [0.1, 0.15) is 0 Å². The third-order valence-electron chi connectivity index (χ3n) is 3.37. The van der Waals surface area contributed by atoms with Crippen molar-refractivity contribution in [1.29, 1.82) is 0 Å². The molecule has 0 aromatic heterocycles. The summed E-state index contributed by atoms with van der Waals surface area (Å²) in [5.74, 6) is 0. The number of aryl methyl sites for hydroxylation is 1. The van der Waals surface area contributed by atoms with Crippen molar-refractivity contribution in [1.82, 2.24) is 4.83 Å². The Kier molecular flexibility index (Phi) is 5.80. The third kappa shape index (κ3) is 4.81. The number of nitrogens with zero attached hydrogens (tertiary/aromatic N) is 1. The van der Waals surface area contributed by atoms with Crippen LogP contribution < -0.4 is 4.83 Å². The van der Waals surface area contributed by atoms with Crippen LogP contribution in [-0.4, -0.2) is 14.1 Å². The van der Waals surface area contributed by atoms with Crippen LogP contribution in [0.3, 0.4) is 0 Å². The van der Waals surface area contributed by atoms with E-state index in [0.29, 0.717) is 10.7 Å². The molecule has 2 aromatic carbocycles. The van der Waals surface area contributed by atoms with Gasteiger partial charge in [0.2, 0.25) is 0 Å². The van der Waals surface area contributed by atoms with Crippen molar-refractivity contribution < 1.29 is 8.42 Å². The quantitative estimate of drug-likeness (QED) is 0.632. The minimum absolute atomic E-state index is 0.122. The molecule has 2 rings (SSSR count). The van der Waals surface area contributed by atoms with E-state index in [2.05, 4.69) is 16.9 Å². The summed E-state index contributed by atoms with van der Waals surface area (Å²) in [4.78, 5) is 2.37. The lowest BCUT2D eigenvalue weighted by Gasteiger charge is -2.06. The van der Waals surface area contributed by atoms with Gasteiger partial charge in [0.05, 0.1) is 10.6 Å². The minimum Gasteiger partial charge on any atom is -0.200 e. The molecule has 0 saturated carbocycles. The molecule has 23 heavy (non-hydrogen) atoms. The van der Waals surface area contributed by atoms with E-state index < -0.39 is 10.0 Å². The van der Waals surface area contributed by atoms with Crippen LogP contribution >= 0.6 is 11.6 Å². The number of hydrogen-bond acceptors (Lipinski definition) is 3. The summed E-state index contributed by atoms with van der Waals surface area (Å²) in [6.45, 7) is 3.89. The zero-order chi connectivity index (χ0) is 16.9. The van der Waals surface area contributed by atoms with E-state index in [1.165, 1.54) is 29.8 Å². The highest BCUT2D eigenvalue weighted by atomic mass is 35.5. The maximum Gasteiger partial charge on any atom is 0.276 e. The number of benzene rings is 2. The molecule has 6 heteroatoms. The van der Waals surface area contributed by atoms with E-state index in [1.807, 2.05) is 24.3 Å². The SMILES string of the molecule is CCCc1ccc(C(C)=NNS(=O)(=O)c2ccc(Cl)cc2)cc1. The fraction of sp³-hybridized carbons (Fsp3) is 0.235. The molecule has 4 nitrogen and oxygen atoms in total. The number of hydrazone groups is 1. The first kappa shape index (κ1) is 17.5. The topological polar surface area (TPSA) is 58.5 Å². The summed E-state index contributed by atoms with van der Waals surface area (Å²) < 4.78 is 24.3. The zero-order valence-corrected chi connectivity index (χ0v) is 14.7. The lowest BCUT2D eigenvalue weighted by molar-refractivity contribution is 0.584. The molecular weight excluding hydrogens is 332 g/mol. The van der Waals surface area contributed by atoms with Crippen molar-refractivity contribution in [2.45, 2.75) is 31.6 Å². The molecular formula is C17H19ClN2O2S. The van der Waals surface area contributed by atoms with Gasteiger partial charge in [-0.05, 0) is 48.7 Å². The van der Waals surface area contributed by atoms with Crippen LogP contribution in [0.1, 0.15) is 31.4 Å². The van der Waals surface area contributed by atoms with Gasteiger partial charge in [0.15, 0.2) is 0 Å². The monoisotopic (exact) mass is 350 g/mol. The average molecular weight is 351 g/mol. The van der Waals surface area contributed by atoms with Gasteiger partial charge < -0.3 is 0 Å². The molecule has 0 spiro atoms. The standard InChI is InChI=1S/C17H19ClN2O2S/c1-3-4-14-5-7-15(8-6-14)13(2)19-20-23(21,22)17-11-9-16(18)10-12-17/h5-12,20H,3-4H2,1-2H3. The number of sulfonamides is 1. The van der Waals surface area contributed by atoms with Crippen molar-refractivity contribution in [2.75, 3.05) is 0 Å². The van der Waals surface area contributed by atoms with E-state index >= 15 is 0 Å². The molecule has 0 bridgehead atoms. The summed E-state index contributed by atoms with van der Waals surface area (Å²) in [7, 11) is -3.69. The summed E-state index contributed by atoms with van der Waals surface area (Å²) in [5.41, 5.74) is 2.74. The number of rotatable bonds is 6. The highest BCUT2D eigenvalue weighted by Gasteiger charge is 2.12. The number of hydrogen-bond donors (Lipinski definition) is 1. The molecule has 0 atom stereocenters. The van der Waals surface area contributed by atoms with Gasteiger partial charge in [0.25, 0.3) is 10.0 Å². The fourth-order valence-corrected chi connectivity index (χ4v) is 3.04. The van der Waals surface area contributed by atoms with E-state index in [4.69, 9.17) is 11.6 Å². The van der Waals surface area contributed by atoms with Crippen LogP contribution in [0, 0.1) is 0 Å². The Labute approximate surface area is 142 Å². The predicted octanol–water partition coefficient (Wildman–Crippen LogP) is 4.00. The molecule has 0 aliphatic rings. The molecule has 0 fully saturated rings. The van der Waals surface area contributed by atoms with Gasteiger partial charge in [0, 0.05) is 5.02 Å². The van der Waals surface area contributed by atoms with Crippen molar-refractivity contribution in [3.63, 3.8) is 0 Å². The van der Waals surface area contributed by atoms with Crippen molar-refractivity contribution in [3.8, 4) is 0 Å². The molecule has 0 heterocycles. The Morgan fingerprint density at radius 1 is 1.09 bits per heavy atom. The Morgan fingerprint density at radius 3 is 2.26 bits per heavy atom.